The lowest BCUT2D eigenvalue weighted by Gasteiger charge is -2.20. The number of esters is 1. The van der Waals surface area contributed by atoms with Crippen LogP contribution in [0.1, 0.15) is 361 Å². The molecule has 0 aliphatic heterocycles. The number of hydrogen-bond donors (Lipinski definition) is 3. The van der Waals surface area contributed by atoms with Gasteiger partial charge in [0.2, 0.25) is 5.91 Å². The van der Waals surface area contributed by atoms with Crippen molar-refractivity contribution in [1.29, 1.82) is 0 Å². The van der Waals surface area contributed by atoms with Crippen molar-refractivity contribution >= 4 is 11.9 Å². The molecule has 0 aliphatic carbocycles. The standard InChI is InChI=1S/C66H127NO5/c1-3-5-7-9-11-13-15-17-19-21-23-24-25-26-30-34-38-42-46-50-54-58-64(69)63(62-68)67-65(70)59-55-51-47-43-39-35-31-28-29-33-37-41-45-49-53-57-61-72-66(71)60-56-52-48-44-40-36-32-27-22-20-18-16-14-12-10-8-6-4-2/h28,31,54,58,63-64,68-69H,3-27,29-30,32-53,55-57,59-62H2,1-2H3,(H,67,70)/b31-28-,58-54+. The lowest BCUT2D eigenvalue weighted by Crippen LogP contribution is -2.45. The maximum Gasteiger partial charge on any atom is 0.305 e. The Labute approximate surface area is 450 Å². The molecule has 0 bridgehead atoms. The van der Waals surface area contributed by atoms with E-state index in [4.69, 9.17) is 4.74 Å². The number of allylic oxidation sites excluding steroid dienone is 3. The van der Waals surface area contributed by atoms with Crippen molar-refractivity contribution in [3.63, 3.8) is 0 Å². The number of amides is 1. The molecule has 0 aromatic heterocycles. The smallest absolute Gasteiger partial charge is 0.305 e. The van der Waals surface area contributed by atoms with Crippen molar-refractivity contribution in [2.45, 2.75) is 373 Å². The van der Waals surface area contributed by atoms with Gasteiger partial charge in [0.15, 0.2) is 0 Å². The van der Waals surface area contributed by atoms with Crippen molar-refractivity contribution in [1.82, 2.24) is 5.32 Å². The van der Waals surface area contributed by atoms with Crippen LogP contribution in [0.2, 0.25) is 0 Å². The number of carbonyl (C=O) groups is 2. The number of hydrogen-bond acceptors (Lipinski definition) is 5. The fourth-order valence-electron chi connectivity index (χ4n) is 10.2. The predicted molar refractivity (Wildman–Crippen MR) is 315 cm³/mol. The molecule has 0 rings (SSSR count). The first kappa shape index (κ1) is 70.3. The Morgan fingerprint density at radius 3 is 0.986 bits per heavy atom. The van der Waals surface area contributed by atoms with Crippen molar-refractivity contribution < 1.29 is 24.5 Å². The Bertz CT molecular complexity index is 1120. The molecule has 3 N–H and O–H groups in total. The van der Waals surface area contributed by atoms with Gasteiger partial charge in [-0.1, -0.05) is 314 Å². The third-order valence-corrected chi connectivity index (χ3v) is 15.2. The summed E-state index contributed by atoms with van der Waals surface area (Å²) in [7, 11) is 0. The molecule has 0 saturated carbocycles. The Balaban J connectivity index is 3.47. The van der Waals surface area contributed by atoms with Gasteiger partial charge in [0.25, 0.3) is 0 Å². The summed E-state index contributed by atoms with van der Waals surface area (Å²) >= 11 is 0. The molecule has 6 nitrogen and oxygen atoms in total. The molecule has 0 aromatic carbocycles. The number of aliphatic hydroxyl groups is 2. The van der Waals surface area contributed by atoms with Gasteiger partial charge < -0.3 is 20.3 Å². The Morgan fingerprint density at radius 1 is 0.375 bits per heavy atom. The van der Waals surface area contributed by atoms with E-state index in [1.807, 2.05) is 6.08 Å². The van der Waals surface area contributed by atoms with E-state index in [2.05, 4.69) is 31.3 Å². The molecule has 1 amide bonds. The number of nitrogens with one attached hydrogen (secondary N) is 1. The lowest BCUT2D eigenvalue weighted by atomic mass is 10.0. The third kappa shape index (κ3) is 57.6. The highest BCUT2D eigenvalue weighted by Crippen LogP contribution is 2.18. The maximum atomic E-state index is 12.5. The summed E-state index contributed by atoms with van der Waals surface area (Å²) < 4.78 is 5.49. The van der Waals surface area contributed by atoms with E-state index >= 15 is 0 Å². The normalized spacial score (nSPS) is 12.7. The van der Waals surface area contributed by atoms with E-state index in [1.165, 1.54) is 270 Å². The molecule has 426 valence electrons. The first-order valence-corrected chi connectivity index (χ1v) is 32.6. The summed E-state index contributed by atoms with van der Waals surface area (Å²) in [6.45, 7) is 4.92. The minimum absolute atomic E-state index is 0.00129. The van der Waals surface area contributed by atoms with Crippen LogP contribution < -0.4 is 5.32 Å². The van der Waals surface area contributed by atoms with E-state index in [1.54, 1.807) is 6.08 Å². The molecule has 0 heterocycles. The minimum atomic E-state index is -0.856. The van der Waals surface area contributed by atoms with Crippen LogP contribution in [0.25, 0.3) is 0 Å². The van der Waals surface area contributed by atoms with Crippen LogP contribution in [0.4, 0.5) is 0 Å². The van der Waals surface area contributed by atoms with Crippen molar-refractivity contribution in [2.24, 2.45) is 0 Å². The molecule has 0 fully saturated rings. The molecule has 2 unspecified atom stereocenters. The van der Waals surface area contributed by atoms with Crippen LogP contribution in [0.3, 0.4) is 0 Å². The van der Waals surface area contributed by atoms with E-state index in [0.29, 0.717) is 19.4 Å². The Hall–Kier alpha value is -1.66. The topological polar surface area (TPSA) is 95.9 Å². The van der Waals surface area contributed by atoms with Gasteiger partial charge in [-0.25, -0.2) is 0 Å². The molecule has 0 saturated heterocycles. The third-order valence-electron chi connectivity index (χ3n) is 15.2. The second-order valence-corrected chi connectivity index (χ2v) is 22.5. The first-order valence-electron chi connectivity index (χ1n) is 32.6. The Kier molecular flexibility index (Phi) is 60.5. The predicted octanol–water partition coefficient (Wildman–Crippen LogP) is 20.6. The average Bonchev–Trinajstić information content (AvgIpc) is 3.38. The molecule has 72 heavy (non-hydrogen) atoms. The van der Waals surface area contributed by atoms with Gasteiger partial charge in [-0.2, -0.15) is 0 Å². The summed E-state index contributed by atoms with van der Waals surface area (Å²) in [5.41, 5.74) is 0. The van der Waals surface area contributed by atoms with Crippen molar-refractivity contribution in [3.05, 3.63) is 24.3 Å². The van der Waals surface area contributed by atoms with Crippen molar-refractivity contribution in [2.75, 3.05) is 13.2 Å². The van der Waals surface area contributed by atoms with Crippen LogP contribution in [-0.2, 0) is 14.3 Å². The minimum Gasteiger partial charge on any atom is -0.466 e. The largest absolute Gasteiger partial charge is 0.466 e. The summed E-state index contributed by atoms with van der Waals surface area (Å²) in [4.78, 5) is 24.6. The number of rotatable bonds is 61. The number of ether oxygens (including phenoxy) is 1. The maximum absolute atomic E-state index is 12.5. The quantitative estimate of drug-likeness (QED) is 0.0320. The van der Waals surface area contributed by atoms with Gasteiger partial charge in [-0.3, -0.25) is 9.59 Å². The van der Waals surface area contributed by atoms with Gasteiger partial charge in [0, 0.05) is 12.8 Å². The zero-order chi connectivity index (χ0) is 52.2. The Morgan fingerprint density at radius 2 is 0.653 bits per heavy atom. The first-order chi connectivity index (χ1) is 35.5. The lowest BCUT2D eigenvalue weighted by molar-refractivity contribution is -0.143. The fraction of sp³-hybridized carbons (Fsp3) is 0.909. The van der Waals surface area contributed by atoms with E-state index in [9.17, 15) is 19.8 Å². The van der Waals surface area contributed by atoms with Gasteiger partial charge >= 0.3 is 5.97 Å². The van der Waals surface area contributed by atoms with Crippen LogP contribution in [0.5, 0.6) is 0 Å². The highest BCUT2D eigenvalue weighted by Gasteiger charge is 2.18. The summed E-state index contributed by atoms with van der Waals surface area (Å²) in [5.74, 6) is -0.0802. The van der Waals surface area contributed by atoms with E-state index in [-0.39, 0.29) is 18.5 Å². The van der Waals surface area contributed by atoms with Crippen molar-refractivity contribution in [3.8, 4) is 0 Å². The van der Waals surface area contributed by atoms with E-state index in [0.717, 1.165) is 64.2 Å². The van der Waals surface area contributed by atoms with Crippen LogP contribution in [0.15, 0.2) is 24.3 Å². The van der Waals surface area contributed by atoms with Crippen LogP contribution >= 0.6 is 0 Å². The van der Waals surface area contributed by atoms with Gasteiger partial charge in [-0.05, 0) is 57.8 Å². The van der Waals surface area contributed by atoms with Gasteiger partial charge in [0.05, 0.1) is 25.4 Å². The van der Waals surface area contributed by atoms with Gasteiger partial charge in [0.1, 0.15) is 0 Å². The molecule has 2 atom stereocenters. The molecular formula is C66H127NO5. The van der Waals surface area contributed by atoms with Crippen LogP contribution in [0, 0.1) is 0 Å². The summed E-state index contributed by atoms with van der Waals surface area (Å²) in [5, 5.41) is 23.2. The molecule has 0 spiro atoms. The highest BCUT2D eigenvalue weighted by atomic mass is 16.5. The zero-order valence-electron chi connectivity index (χ0n) is 48.7. The second-order valence-electron chi connectivity index (χ2n) is 22.5. The summed E-state index contributed by atoms with van der Waals surface area (Å²) in [6, 6.07) is -0.641. The summed E-state index contributed by atoms with van der Waals surface area (Å²) in [6.07, 6.45) is 76.5. The second kappa shape index (κ2) is 61.9. The SMILES string of the molecule is CCCCCCCCCCCCCCCCCCCCC/C=C/C(O)C(CO)NC(=O)CCCCCCC/C=C\CCCCCCCCCOC(=O)CCCCCCCCCCCCCCCCCCCC. The average molecular weight is 1010 g/mol. The number of carbonyl (C=O) groups excluding carboxylic acids is 2. The van der Waals surface area contributed by atoms with E-state index < -0.39 is 12.1 Å². The molecule has 0 radical (unpaired) electrons. The number of aliphatic hydroxyl groups excluding tert-OH is 2. The fourth-order valence-corrected chi connectivity index (χ4v) is 10.2. The molecular weight excluding hydrogens is 887 g/mol. The molecule has 0 aromatic rings. The van der Waals surface area contributed by atoms with Gasteiger partial charge in [-0.15, -0.1) is 0 Å². The van der Waals surface area contributed by atoms with Crippen LogP contribution in [-0.4, -0.2) is 47.4 Å². The monoisotopic (exact) mass is 1010 g/mol. The molecule has 0 aliphatic rings. The number of unbranched alkanes of at least 4 members (excludes halogenated alkanes) is 48. The molecule has 6 heteroatoms. The zero-order valence-corrected chi connectivity index (χ0v) is 48.7. The highest BCUT2D eigenvalue weighted by molar-refractivity contribution is 5.76.